The highest BCUT2D eigenvalue weighted by atomic mass is 16.5. The lowest BCUT2D eigenvalue weighted by Gasteiger charge is -2.31. The van der Waals surface area contributed by atoms with Gasteiger partial charge in [-0.3, -0.25) is 4.79 Å². The number of carbonyl (C=O) groups is 1. The standard InChI is InChI=1S/C14H24N2O3/c1-13(2,4-7-18-3)11-16-12(17)14(10-15)5-8-19-9-6-14/h4-9,11H2,1-3H3,(H,16,17). The van der Waals surface area contributed by atoms with E-state index in [9.17, 15) is 10.1 Å². The third-order valence-electron chi connectivity index (χ3n) is 3.71. The number of carbonyl (C=O) groups excluding carboxylic acids is 1. The smallest absolute Gasteiger partial charge is 0.240 e. The molecule has 0 aromatic carbocycles. The molecule has 19 heavy (non-hydrogen) atoms. The van der Waals surface area contributed by atoms with Crippen LogP contribution < -0.4 is 5.32 Å². The lowest BCUT2D eigenvalue weighted by molar-refractivity contribution is -0.132. The third kappa shape index (κ3) is 4.48. The molecular formula is C14H24N2O3. The number of ether oxygens (including phenoxy) is 2. The van der Waals surface area contributed by atoms with Crippen molar-refractivity contribution >= 4 is 5.91 Å². The number of methoxy groups -OCH3 is 1. The van der Waals surface area contributed by atoms with E-state index in [0.717, 1.165) is 6.42 Å². The summed E-state index contributed by atoms with van der Waals surface area (Å²) in [6.07, 6.45) is 1.83. The largest absolute Gasteiger partial charge is 0.385 e. The van der Waals surface area contributed by atoms with Gasteiger partial charge in [0.25, 0.3) is 0 Å². The maximum Gasteiger partial charge on any atom is 0.240 e. The Morgan fingerprint density at radius 3 is 2.63 bits per heavy atom. The number of nitrogens with one attached hydrogen (secondary N) is 1. The fraction of sp³-hybridized carbons (Fsp3) is 0.857. The first-order chi connectivity index (χ1) is 8.96. The van der Waals surface area contributed by atoms with E-state index in [2.05, 4.69) is 25.2 Å². The van der Waals surface area contributed by atoms with Gasteiger partial charge in [0.15, 0.2) is 0 Å². The predicted molar refractivity (Wildman–Crippen MR) is 71.4 cm³/mol. The van der Waals surface area contributed by atoms with Gasteiger partial charge in [0.05, 0.1) is 6.07 Å². The molecule has 1 aliphatic heterocycles. The number of hydrogen-bond acceptors (Lipinski definition) is 4. The molecule has 1 rings (SSSR count). The van der Waals surface area contributed by atoms with Crippen molar-refractivity contribution in [3.63, 3.8) is 0 Å². The van der Waals surface area contributed by atoms with Crippen molar-refractivity contribution in [3.8, 4) is 6.07 Å². The van der Waals surface area contributed by atoms with Gasteiger partial charge in [0.1, 0.15) is 5.41 Å². The van der Waals surface area contributed by atoms with Gasteiger partial charge < -0.3 is 14.8 Å². The van der Waals surface area contributed by atoms with Gasteiger partial charge in [-0.15, -0.1) is 0 Å². The first-order valence-corrected chi connectivity index (χ1v) is 6.72. The molecule has 0 radical (unpaired) electrons. The Kier molecular flexibility index (Phi) is 5.77. The van der Waals surface area contributed by atoms with Crippen LogP contribution in [0, 0.1) is 22.2 Å². The second-order valence-corrected chi connectivity index (χ2v) is 5.90. The molecule has 0 bridgehead atoms. The topological polar surface area (TPSA) is 71.3 Å². The van der Waals surface area contributed by atoms with Crippen LogP contribution in [0.1, 0.15) is 33.1 Å². The van der Waals surface area contributed by atoms with Gasteiger partial charge in [-0.25, -0.2) is 0 Å². The molecule has 1 saturated heterocycles. The molecule has 0 aromatic heterocycles. The lowest BCUT2D eigenvalue weighted by atomic mass is 9.80. The molecule has 1 fully saturated rings. The molecule has 0 aliphatic carbocycles. The highest BCUT2D eigenvalue weighted by Gasteiger charge is 2.40. The molecule has 1 N–H and O–H groups in total. The summed E-state index contributed by atoms with van der Waals surface area (Å²) in [5, 5.41) is 12.2. The fourth-order valence-corrected chi connectivity index (χ4v) is 2.06. The van der Waals surface area contributed by atoms with Crippen LogP contribution in [0.4, 0.5) is 0 Å². The highest BCUT2D eigenvalue weighted by Crippen LogP contribution is 2.30. The normalized spacial score (nSPS) is 18.6. The van der Waals surface area contributed by atoms with E-state index in [4.69, 9.17) is 9.47 Å². The summed E-state index contributed by atoms with van der Waals surface area (Å²) in [5.74, 6) is -0.163. The summed E-state index contributed by atoms with van der Waals surface area (Å²) in [6, 6.07) is 2.18. The second kappa shape index (κ2) is 6.88. The number of nitrogens with zero attached hydrogens (tertiary/aromatic N) is 1. The van der Waals surface area contributed by atoms with Gasteiger partial charge in [0, 0.05) is 33.5 Å². The monoisotopic (exact) mass is 268 g/mol. The highest BCUT2D eigenvalue weighted by molar-refractivity contribution is 5.85. The van der Waals surface area contributed by atoms with E-state index in [1.54, 1.807) is 7.11 Å². The first kappa shape index (κ1) is 15.9. The van der Waals surface area contributed by atoms with E-state index < -0.39 is 5.41 Å². The molecule has 0 atom stereocenters. The molecule has 5 nitrogen and oxygen atoms in total. The maximum atomic E-state index is 12.3. The van der Waals surface area contributed by atoms with Crippen LogP contribution in [0.15, 0.2) is 0 Å². The van der Waals surface area contributed by atoms with Crippen LogP contribution in [0.2, 0.25) is 0 Å². The summed E-state index contributed by atoms with van der Waals surface area (Å²) in [5.41, 5.74) is -0.941. The van der Waals surface area contributed by atoms with Gasteiger partial charge >= 0.3 is 0 Å². The van der Waals surface area contributed by atoms with Crippen molar-refractivity contribution < 1.29 is 14.3 Å². The molecule has 0 aromatic rings. The summed E-state index contributed by atoms with van der Waals surface area (Å²) < 4.78 is 10.3. The van der Waals surface area contributed by atoms with Gasteiger partial charge in [-0.2, -0.15) is 5.26 Å². The first-order valence-electron chi connectivity index (χ1n) is 6.72. The van der Waals surface area contributed by atoms with Crippen molar-refractivity contribution in [2.24, 2.45) is 10.8 Å². The third-order valence-corrected chi connectivity index (χ3v) is 3.71. The van der Waals surface area contributed by atoms with Crippen LogP contribution in [-0.2, 0) is 14.3 Å². The Bertz CT molecular complexity index is 341. The maximum absolute atomic E-state index is 12.3. The van der Waals surface area contributed by atoms with E-state index in [1.165, 1.54) is 0 Å². The lowest BCUT2D eigenvalue weighted by Crippen LogP contribution is -2.46. The zero-order valence-electron chi connectivity index (χ0n) is 12.1. The molecule has 0 saturated carbocycles. The zero-order chi connectivity index (χ0) is 14.4. The predicted octanol–water partition coefficient (Wildman–Crippen LogP) is 1.49. The molecule has 1 amide bonds. The minimum atomic E-state index is -0.907. The fourth-order valence-electron chi connectivity index (χ4n) is 2.06. The number of nitriles is 1. The van der Waals surface area contributed by atoms with Crippen molar-refractivity contribution in [2.45, 2.75) is 33.1 Å². The quantitative estimate of drug-likeness (QED) is 0.792. The van der Waals surface area contributed by atoms with Crippen molar-refractivity contribution in [1.29, 1.82) is 5.26 Å². The van der Waals surface area contributed by atoms with Crippen LogP contribution >= 0.6 is 0 Å². The zero-order valence-corrected chi connectivity index (χ0v) is 12.1. The van der Waals surface area contributed by atoms with Crippen LogP contribution in [0.5, 0.6) is 0 Å². The molecule has 108 valence electrons. The Hall–Kier alpha value is -1.12. The molecule has 1 heterocycles. The van der Waals surface area contributed by atoms with Crippen LogP contribution in [0.25, 0.3) is 0 Å². The van der Waals surface area contributed by atoms with Gasteiger partial charge in [-0.05, 0) is 24.7 Å². The molecular weight excluding hydrogens is 244 g/mol. The van der Waals surface area contributed by atoms with E-state index in [-0.39, 0.29) is 11.3 Å². The summed E-state index contributed by atoms with van der Waals surface area (Å²) in [4.78, 5) is 12.3. The van der Waals surface area contributed by atoms with Crippen molar-refractivity contribution in [1.82, 2.24) is 5.32 Å². The molecule has 0 spiro atoms. The Morgan fingerprint density at radius 2 is 2.11 bits per heavy atom. The summed E-state index contributed by atoms with van der Waals surface area (Å²) in [6.45, 7) is 6.34. The van der Waals surface area contributed by atoms with Crippen LogP contribution in [0.3, 0.4) is 0 Å². The minimum absolute atomic E-state index is 0.0342. The Labute approximate surface area is 115 Å². The van der Waals surface area contributed by atoms with E-state index in [0.29, 0.717) is 39.2 Å². The molecule has 1 aliphatic rings. The minimum Gasteiger partial charge on any atom is -0.385 e. The second-order valence-electron chi connectivity index (χ2n) is 5.90. The van der Waals surface area contributed by atoms with Crippen LogP contribution in [-0.4, -0.2) is 39.4 Å². The molecule has 0 unspecified atom stereocenters. The van der Waals surface area contributed by atoms with Crippen molar-refractivity contribution in [2.75, 3.05) is 33.5 Å². The molecule has 5 heteroatoms. The number of hydrogen-bond donors (Lipinski definition) is 1. The van der Waals surface area contributed by atoms with E-state index in [1.807, 2.05) is 0 Å². The number of rotatable bonds is 6. The Balaban J connectivity index is 2.52. The average Bonchev–Trinajstić information content (AvgIpc) is 2.43. The Morgan fingerprint density at radius 1 is 1.47 bits per heavy atom. The van der Waals surface area contributed by atoms with Gasteiger partial charge in [-0.1, -0.05) is 13.8 Å². The van der Waals surface area contributed by atoms with E-state index >= 15 is 0 Å². The summed E-state index contributed by atoms with van der Waals surface area (Å²) >= 11 is 0. The van der Waals surface area contributed by atoms with Crippen molar-refractivity contribution in [3.05, 3.63) is 0 Å². The van der Waals surface area contributed by atoms with Gasteiger partial charge in [0.2, 0.25) is 5.91 Å². The SMILES string of the molecule is COCCC(C)(C)CNC(=O)C1(C#N)CCOCC1. The number of amides is 1. The average molecular weight is 268 g/mol. The summed E-state index contributed by atoms with van der Waals surface area (Å²) in [7, 11) is 1.67.